The second-order valence-electron chi connectivity index (χ2n) is 4.77. The SMILES string of the molecule is O=C(COc1ccccc1[N+](=O)[O-])N/N=C\c1cc(Br)c(O)c(Br)c1O. The highest BCUT2D eigenvalue weighted by Crippen LogP contribution is 2.40. The van der Waals surface area contributed by atoms with E-state index < -0.39 is 17.4 Å². The van der Waals surface area contributed by atoms with Crippen molar-refractivity contribution in [1.29, 1.82) is 0 Å². The number of nitrogens with zero attached hydrogens (tertiary/aromatic N) is 2. The number of phenolic OH excluding ortho intramolecular Hbond substituents is 2. The molecular formula is C15H11Br2N3O6. The van der Waals surface area contributed by atoms with Gasteiger partial charge in [-0.15, -0.1) is 0 Å². The molecule has 0 spiro atoms. The van der Waals surface area contributed by atoms with Crippen LogP contribution >= 0.6 is 31.9 Å². The first-order valence-corrected chi connectivity index (χ1v) is 8.48. The zero-order valence-corrected chi connectivity index (χ0v) is 16.0. The molecule has 0 aliphatic carbocycles. The van der Waals surface area contributed by atoms with Gasteiger partial charge >= 0.3 is 5.69 Å². The fourth-order valence-corrected chi connectivity index (χ4v) is 2.95. The van der Waals surface area contributed by atoms with E-state index in [1.54, 1.807) is 6.07 Å². The van der Waals surface area contributed by atoms with Gasteiger partial charge in [-0.05, 0) is 44.0 Å². The number of nitro groups is 1. The Bertz CT molecular complexity index is 888. The van der Waals surface area contributed by atoms with E-state index in [-0.39, 0.29) is 33.0 Å². The molecule has 0 aliphatic heterocycles. The monoisotopic (exact) mass is 487 g/mol. The quantitative estimate of drug-likeness (QED) is 0.325. The Morgan fingerprint density at radius 3 is 2.69 bits per heavy atom. The summed E-state index contributed by atoms with van der Waals surface area (Å²) < 4.78 is 5.50. The zero-order valence-electron chi connectivity index (χ0n) is 12.8. The van der Waals surface area contributed by atoms with Crippen LogP contribution < -0.4 is 10.2 Å². The number of carbonyl (C=O) groups excluding carboxylic acids is 1. The van der Waals surface area contributed by atoms with Gasteiger partial charge in [0.15, 0.2) is 12.4 Å². The van der Waals surface area contributed by atoms with Crippen molar-refractivity contribution in [3.8, 4) is 17.2 Å². The third-order valence-electron chi connectivity index (χ3n) is 3.01. The number of amides is 1. The van der Waals surface area contributed by atoms with E-state index >= 15 is 0 Å². The molecule has 136 valence electrons. The molecule has 0 unspecified atom stereocenters. The second-order valence-corrected chi connectivity index (χ2v) is 6.41. The van der Waals surface area contributed by atoms with Gasteiger partial charge in [0.2, 0.25) is 0 Å². The maximum Gasteiger partial charge on any atom is 0.310 e. The Balaban J connectivity index is 1.98. The minimum absolute atomic E-state index is 0.0410. The van der Waals surface area contributed by atoms with E-state index in [4.69, 9.17) is 4.74 Å². The van der Waals surface area contributed by atoms with Crippen LogP contribution in [0.5, 0.6) is 17.2 Å². The largest absolute Gasteiger partial charge is 0.506 e. The maximum absolute atomic E-state index is 11.7. The lowest BCUT2D eigenvalue weighted by atomic mass is 10.2. The Hall–Kier alpha value is -2.66. The average molecular weight is 489 g/mol. The van der Waals surface area contributed by atoms with Crippen molar-refractivity contribution in [3.63, 3.8) is 0 Å². The van der Waals surface area contributed by atoms with Gasteiger partial charge < -0.3 is 14.9 Å². The topological polar surface area (TPSA) is 134 Å². The van der Waals surface area contributed by atoms with Gasteiger partial charge in [-0.2, -0.15) is 5.10 Å². The summed E-state index contributed by atoms with van der Waals surface area (Å²) in [6.45, 7) is -0.489. The predicted octanol–water partition coefficient (Wildman–Crippen LogP) is 3.06. The first kappa shape index (κ1) is 19.7. The minimum Gasteiger partial charge on any atom is -0.506 e. The number of carbonyl (C=O) groups is 1. The van der Waals surface area contributed by atoms with Gasteiger partial charge in [0.25, 0.3) is 5.91 Å². The number of ether oxygens (including phenoxy) is 1. The van der Waals surface area contributed by atoms with Crippen LogP contribution in [-0.2, 0) is 4.79 Å². The number of aromatic hydroxyl groups is 2. The van der Waals surface area contributed by atoms with E-state index in [1.165, 1.54) is 24.3 Å². The van der Waals surface area contributed by atoms with E-state index in [0.29, 0.717) is 4.47 Å². The highest BCUT2D eigenvalue weighted by molar-refractivity contribution is 9.11. The molecule has 3 N–H and O–H groups in total. The van der Waals surface area contributed by atoms with Crippen molar-refractivity contribution in [2.75, 3.05) is 6.61 Å². The minimum atomic E-state index is -0.657. The number of hydrogen-bond acceptors (Lipinski definition) is 7. The van der Waals surface area contributed by atoms with E-state index in [1.807, 2.05) is 0 Å². The lowest BCUT2D eigenvalue weighted by molar-refractivity contribution is -0.385. The smallest absolute Gasteiger partial charge is 0.310 e. The first-order chi connectivity index (χ1) is 12.3. The molecule has 0 atom stereocenters. The van der Waals surface area contributed by atoms with Gasteiger partial charge in [-0.25, -0.2) is 5.43 Å². The Labute approximate surface area is 163 Å². The Morgan fingerprint density at radius 2 is 2.00 bits per heavy atom. The van der Waals surface area contributed by atoms with Gasteiger partial charge in [0, 0.05) is 11.6 Å². The predicted molar refractivity (Wildman–Crippen MR) is 99.5 cm³/mol. The fraction of sp³-hybridized carbons (Fsp3) is 0.0667. The van der Waals surface area contributed by atoms with Gasteiger partial charge in [0.05, 0.1) is 15.6 Å². The van der Waals surface area contributed by atoms with Gasteiger partial charge in [-0.3, -0.25) is 14.9 Å². The molecule has 26 heavy (non-hydrogen) atoms. The number of halogens is 2. The molecule has 0 aromatic heterocycles. The molecule has 0 heterocycles. The second kappa shape index (κ2) is 8.63. The summed E-state index contributed by atoms with van der Waals surface area (Å²) in [6, 6.07) is 7.05. The van der Waals surface area contributed by atoms with Crippen molar-refractivity contribution in [2.24, 2.45) is 5.10 Å². The number of hydrazone groups is 1. The molecule has 11 heteroatoms. The van der Waals surface area contributed by atoms with Crippen LogP contribution in [0.25, 0.3) is 0 Å². The molecule has 0 fully saturated rings. The average Bonchev–Trinajstić information content (AvgIpc) is 2.62. The van der Waals surface area contributed by atoms with Crippen molar-refractivity contribution in [3.05, 3.63) is 55.0 Å². The van der Waals surface area contributed by atoms with Crippen LogP contribution in [0.3, 0.4) is 0 Å². The van der Waals surface area contributed by atoms with Gasteiger partial charge in [-0.1, -0.05) is 12.1 Å². The summed E-state index contributed by atoms with van der Waals surface area (Å²) in [5.41, 5.74) is 2.13. The number of para-hydroxylation sites is 2. The summed E-state index contributed by atoms with van der Waals surface area (Å²) in [5, 5.41) is 34.0. The molecule has 2 rings (SSSR count). The summed E-state index contributed by atoms with van der Waals surface area (Å²) in [7, 11) is 0. The fourth-order valence-electron chi connectivity index (χ4n) is 1.79. The summed E-state index contributed by atoms with van der Waals surface area (Å²) in [6.07, 6.45) is 1.16. The van der Waals surface area contributed by atoms with Crippen molar-refractivity contribution in [2.45, 2.75) is 0 Å². The molecular weight excluding hydrogens is 478 g/mol. The standard InChI is InChI=1S/C15H11Br2N3O6/c16-9-5-8(14(22)13(17)15(9)23)6-18-19-12(21)7-26-11-4-2-1-3-10(11)20(24)25/h1-6,22-23H,7H2,(H,19,21)/b18-6-. The molecule has 2 aromatic rings. The number of nitro benzene ring substituents is 1. The van der Waals surface area contributed by atoms with Crippen LogP contribution in [0, 0.1) is 10.1 Å². The Kier molecular flexibility index (Phi) is 6.52. The van der Waals surface area contributed by atoms with Gasteiger partial charge in [0.1, 0.15) is 16.0 Å². The van der Waals surface area contributed by atoms with E-state index in [9.17, 15) is 25.1 Å². The van der Waals surface area contributed by atoms with Crippen LogP contribution in [-0.4, -0.2) is 33.9 Å². The number of hydrogen-bond donors (Lipinski definition) is 3. The number of nitrogens with one attached hydrogen (secondary N) is 1. The molecule has 0 aliphatic rings. The molecule has 0 bridgehead atoms. The summed E-state index contributed by atoms with van der Waals surface area (Å²) >= 11 is 6.12. The van der Waals surface area contributed by atoms with Crippen LogP contribution in [0.1, 0.15) is 5.56 Å². The van der Waals surface area contributed by atoms with Crippen LogP contribution in [0.2, 0.25) is 0 Å². The van der Waals surface area contributed by atoms with E-state index in [0.717, 1.165) is 6.21 Å². The summed E-state index contributed by atoms with van der Waals surface area (Å²) in [4.78, 5) is 22.0. The highest BCUT2D eigenvalue weighted by Gasteiger charge is 2.15. The van der Waals surface area contributed by atoms with Crippen molar-refractivity contribution in [1.82, 2.24) is 5.43 Å². The molecule has 0 radical (unpaired) electrons. The zero-order chi connectivity index (χ0) is 19.3. The normalized spacial score (nSPS) is 10.7. The highest BCUT2D eigenvalue weighted by atomic mass is 79.9. The molecule has 2 aromatic carbocycles. The van der Waals surface area contributed by atoms with Crippen molar-refractivity contribution < 1.29 is 24.7 Å². The molecule has 1 amide bonds. The molecule has 9 nitrogen and oxygen atoms in total. The molecule has 0 saturated heterocycles. The molecule has 0 saturated carbocycles. The number of phenols is 2. The van der Waals surface area contributed by atoms with Crippen molar-refractivity contribution >= 4 is 49.7 Å². The third-order valence-corrected chi connectivity index (χ3v) is 4.37. The lowest BCUT2D eigenvalue weighted by Crippen LogP contribution is -2.24. The summed E-state index contributed by atoms with van der Waals surface area (Å²) in [5.74, 6) is -1.14. The van der Waals surface area contributed by atoms with E-state index in [2.05, 4.69) is 42.4 Å². The third kappa shape index (κ3) is 4.70. The maximum atomic E-state index is 11.7. The first-order valence-electron chi connectivity index (χ1n) is 6.89. The number of benzene rings is 2. The van der Waals surface area contributed by atoms with Crippen LogP contribution in [0.15, 0.2) is 44.4 Å². The lowest BCUT2D eigenvalue weighted by Gasteiger charge is -2.07. The Morgan fingerprint density at radius 1 is 1.31 bits per heavy atom. The van der Waals surface area contributed by atoms with Crippen LogP contribution in [0.4, 0.5) is 5.69 Å². The number of rotatable bonds is 6.